The molecule has 21 heavy (non-hydrogen) atoms. The molecule has 0 radical (unpaired) electrons. The molecule has 0 aromatic heterocycles. The zero-order valence-electron chi connectivity index (χ0n) is 11.8. The first kappa shape index (κ1) is 17.8. The number of nitrogens with one attached hydrogen (secondary N) is 3. The normalized spacial score (nSPS) is 13.0. The highest BCUT2D eigenvalue weighted by Gasteiger charge is 2.22. The monoisotopic (exact) mass is 337 g/mol. The smallest absolute Gasteiger partial charge is 0.243 e. The van der Waals surface area contributed by atoms with E-state index in [1.165, 1.54) is 6.92 Å². The lowest BCUT2D eigenvalue weighted by Crippen LogP contribution is -2.37. The van der Waals surface area contributed by atoms with Gasteiger partial charge < -0.3 is 10.6 Å². The van der Waals surface area contributed by atoms with E-state index in [1.807, 2.05) is 0 Å². The van der Waals surface area contributed by atoms with Crippen LogP contribution in [-0.2, 0) is 14.8 Å². The Labute approximate surface area is 128 Å². The molecule has 0 aliphatic rings. The first-order chi connectivity index (χ1) is 9.67. The summed E-state index contributed by atoms with van der Waals surface area (Å²) in [7, 11) is -2.35. The summed E-state index contributed by atoms with van der Waals surface area (Å²) in [5.74, 6) is -1.43. The van der Waals surface area contributed by atoms with Crippen molar-refractivity contribution in [3.8, 4) is 0 Å². The van der Waals surface area contributed by atoms with Gasteiger partial charge in [-0.2, -0.15) is 0 Å². The predicted molar refractivity (Wildman–Crippen MR) is 79.4 cm³/mol. The molecule has 0 saturated carbocycles. The summed E-state index contributed by atoms with van der Waals surface area (Å²) in [6, 6.07) is 1.73. The van der Waals surface area contributed by atoms with Crippen molar-refractivity contribution >= 4 is 33.2 Å². The second-order valence-corrected chi connectivity index (χ2v) is 6.63. The van der Waals surface area contributed by atoms with E-state index < -0.39 is 26.6 Å². The number of benzene rings is 1. The number of anilines is 1. The number of amides is 1. The third-order valence-electron chi connectivity index (χ3n) is 2.69. The summed E-state index contributed by atoms with van der Waals surface area (Å²) < 4.78 is 40.3. The largest absolute Gasteiger partial charge is 0.325 e. The van der Waals surface area contributed by atoms with Crippen LogP contribution in [0.2, 0.25) is 5.02 Å². The number of halogens is 2. The molecule has 1 aromatic rings. The molecular weight excluding hydrogens is 321 g/mol. The van der Waals surface area contributed by atoms with Gasteiger partial charge in [0.15, 0.2) is 0 Å². The molecule has 1 amide bonds. The molecular formula is C12H17ClFN3O3S. The van der Waals surface area contributed by atoms with E-state index in [1.54, 1.807) is 14.0 Å². The summed E-state index contributed by atoms with van der Waals surface area (Å²) in [5.41, 5.74) is 0.0178. The minimum absolute atomic E-state index is 0.0178. The van der Waals surface area contributed by atoms with Crippen LogP contribution in [0, 0.1) is 5.82 Å². The molecule has 6 nitrogen and oxygen atoms in total. The molecule has 1 atom stereocenters. The number of carbonyl (C=O) groups excluding carboxylic acids is 1. The zero-order chi connectivity index (χ0) is 16.2. The van der Waals surface area contributed by atoms with Crippen LogP contribution in [0.5, 0.6) is 0 Å². The summed E-state index contributed by atoms with van der Waals surface area (Å²) in [5, 5.41) is 5.11. The Morgan fingerprint density at radius 2 is 2.05 bits per heavy atom. The summed E-state index contributed by atoms with van der Waals surface area (Å²) in [4.78, 5) is 10.4. The van der Waals surface area contributed by atoms with Crippen LogP contribution in [-0.4, -0.2) is 34.0 Å². The minimum Gasteiger partial charge on any atom is -0.325 e. The molecule has 0 aliphatic carbocycles. The molecule has 0 heterocycles. The lowest BCUT2D eigenvalue weighted by atomic mass is 10.3. The number of likely N-dealkylation sites (N-methyl/N-ethyl adjacent to an activating group) is 1. The minimum atomic E-state index is -4.03. The Morgan fingerprint density at radius 3 is 2.57 bits per heavy atom. The van der Waals surface area contributed by atoms with Crippen LogP contribution in [0.1, 0.15) is 13.8 Å². The molecule has 1 rings (SSSR count). The van der Waals surface area contributed by atoms with Gasteiger partial charge >= 0.3 is 0 Å². The van der Waals surface area contributed by atoms with Crippen molar-refractivity contribution in [2.24, 2.45) is 0 Å². The van der Waals surface area contributed by atoms with Gasteiger partial charge in [0.1, 0.15) is 10.7 Å². The van der Waals surface area contributed by atoms with Gasteiger partial charge in [0.05, 0.1) is 10.7 Å². The van der Waals surface area contributed by atoms with Crippen molar-refractivity contribution < 1.29 is 17.6 Å². The molecule has 0 fully saturated rings. The first-order valence-electron chi connectivity index (χ1n) is 6.11. The van der Waals surface area contributed by atoms with Gasteiger partial charge in [-0.3, -0.25) is 4.79 Å². The maximum absolute atomic E-state index is 13.9. The molecule has 0 aliphatic heterocycles. The molecule has 0 bridgehead atoms. The zero-order valence-corrected chi connectivity index (χ0v) is 13.4. The van der Waals surface area contributed by atoms with Gasteiger partial charge in [0, 0.05) is 25.6 Å². The van der Waals surface area contributed by atoms with Gasteiger partial charge in [-0.05, 0) is 20.0 Å². The Balaban J connectivity index is 3.08. The van der Waals surface area contributed by atoms with Crippen molar-refractivity contribution in [2.75, 3.05) is 18.9 Å². The fourth-order valence-corrected chi connectivity index (χ4v) is 2.92. The van der Waals surface area contributed by atoms with E-state index in [0.717, 1.165) is 12.1 Å². The highest BCUT2D eigenvalue weighted by Crippen LogP contribution is 2.28. The van der Waals surface area contributed by atoms with Crippen LogP contribution in [0.4, 0.5) is 10.1 Å². The third-order valence-corrected chi connectivity index (χ3v) is 4.45. The van der Waals surface area contributed by atoms with Crippen LogP contribution in [0.15, 0.2) is 17.0 Å². The third kappa shape index (κ3) is 4.92. The van der Waals surface area contributed by atoms with Crippen LogP contribution >= 0.6 is 11.6 Å². The molecule has 1 aromatic carbocycles. The Bertz CT molecular complexity index is 637. The van der Waals surface area contributed by atoms with E-state index in [0.29, 0.717) is 0 Å². The fourth-order valence-electron chi connectivity index (χ4n) is 1.43. The lowest BCUT2D eigenvalue weighted by Gasteiger charge is -2.13. The van der Waals surface area contributed by atoms with Crippen molar-refractivity contribution in [1.82, 2.24) is 10.0 Å². The maximum atomic E-state index is 13.9. The number of hydrogen-bond donors (Lipinski definition) is 3. The van der Waals surface area contributed by atoms with E-state index in [9.17, 15) is 17.6 Å². The number of rotatable bonds is 6. The average Bonchev–Trinajstić information content (AvgIpc) is 2.39. The Morgan fingerprint density at radius 1 is 1.43 bits per heavy atom. The summed E-state index contributed by atoms with van der Waals surface area (Å²) >= 11 is 5.86. The van der Waals surface area contributed by atoms with Crippen LogP contribution in [0.25, 0.3) is 0 Å². The van der Waals surface area contributed by atoms with Gasteiger partial charge in [-0.1, -0.05) is 11.6 Å². The highest BCUT2D eigenvalue weighted by molar-refractivity contribution is 7.89. The second-order valence-electron chi connectivity index (χ2n) is 4.49. The van der Waals surface area contributed by atoms with Crippen molar-refractivity contribution in [3.63, 3.8) is 0 Å². The van der Waals surface area contributed by atoms with Gasteiger partial charge in [0.2, 0.25) is 15.9 Å². The summed E-state index contributed by atoms with van der Waals surface area (Å²) in [6.45, 7) is 3.11. The quantitative estimate of drug-likeness (QED) is 0.730. The molecule has 0 saturated heterocycles. The molecule has 0 spiro atoms. The molecule has 9 heteroatoms. The standard InChI is InChI=1S/C12H17ClFN3O3S/c1-7(15-3)6-16-21(19,20)12-4-9(13)11(5-10(12)14)17-8(2)18/h4-5,7,15-16H,6H2,1-3H3,(H,17,18). The van der Waals surface area contributed by atoms with E-state index in [2.05, 4.69) is 15.4 Å². The summed E-state index contributed by atoms with van der Waals surface area (Å²) in [6.07, 6.45) is 0. The van der Waals surface area contributed by atoms with E-state index in [-0.39, 0.29) is 23.3 Å². The van der Waals surface area contributed by atoms with Gasteiger partial charge in [-0.25, -0.2) is 17.5 Å². The Hall–Kier alpha value is -1.22. The molecule has 1 unspecified atom stereocenters. The van der Waals surface area contributed by atoms with E-state index in [4.69, 9.17) is 11.6 Å². The van der Waals surface area contributed by atoms with Crippen molar-refractivity contribution in [3.05, 3.63) is 23.0 Å². The van der Waals surface area contributed by atoms with Crippen molar-refractivity contribution in [1.29, 1.82) is 0 Å². The number of carbonyl (C=O) groups is 1. The van der Waals surface area contributed by atoms with Crippen LogP contribution < -0.4 is 15.4 Å². The number of sulfonamides is 1. The number of hydrogen-bond acceptors (Lipinski definition) is 4. The molecule has 118 valence electrons. The average molecular weight is 338 g/mol. The predicted octanol–water partition coefficient (Wildman–Crippen LogP) is 1.32. The SMILES string of the molecule is CNC(C)CNS(=O)(=O)c1cc(Cl)c(NC(C)=O)cc1F. The lowest BCUT2D eigenvalue weighted by molar-refractivity contribution is -0.114. The first-order valence-corrected chi connectivity index (χ1v) is 7.97. The van der Waals surface area contributed by atoms with Crippen LogP contribution in [0.3, 0.4) is 0 Å². The maximum Gasteiger partial charge on any atom is 0.243 e. The molecule has 3 N–H and O–H groups in total. The van der Waals surface area contributed by atoms with E-state index >= 15 is 0 Å². The van der Waals surface area contributed by atoms with Gasteiger partial charge in [0.25, 0.3) is 0 Å². The van der Waals surface area contributed by atoms with Crippen molar-refractivity contribution in [2.45, 2.75) is 24.8 Å². The topological polar surface area (TPSA) is 87.3 Å². The second kappa shape index (κ2) is 7.17. The highest BCUT2D eigenvalue weighted by atomic mass is 35.5. The van der Waals surface area contributed by atoms with Gasteiger partial charge in [-0.15, -0.1) is 0 Å². The fraction of sp³-hybridized carbons (Fsp3) is 0.417. The Kier molecular flexibility index (Phi) is 6.09.